The molecule has 2 nitrogen and oxygen atoms in total. The third-order valence-corrected chi connectivity index (χ3v) is 4.63. The molecule has 0 N–H and O–H groups in total. The van der Waals surface area contributed by atoms with Gasteiger partial charge in [0, 0.05) is 12.5 Å². The molecule has 0 aromatic heterocycles. The highest BCUT2D eigenvalue weighted by Gasteiger charge is 2.56. The largest absolute Gasteiger partial charge is 0.329 e. The summed E-state index contributed by atoms with van der Waals surface area (Å²) in [6, 6.07) is 10.5. The zero-order valence-electron chi connectivity index (χ0n) is 10.6. The van der Waals surface area contributed by atoms with E-state index in [9.17, 15) is 4.79 Å². The third-order valence-electron chi connectivity index (χ3n) is 4.63. The van der Waals surface area contributed by atoms with Gasteiger partial charge in [-0.05, 0) is 24.5 Å². The summed E-state index contributed by atoms with van der Waals surface area (Å²) in [6.45, 7) is 4.54. The molecule has 2 fully saturated rings. The van der Waals surface area contributed by atoms with Gasteiger partial charge in [0.05, 0.1) is 5.54 Å². The number of fused-ring (bicyclic) bond motifs is 1. The van der Waals surface area contributed by atoms with Crippen LogP contribution in [0.15, 0.2) is 43.0 Å². The van der Waals surface area contributed by atoms with Crippen molar-refractivity contribution in [3.63, 3.8) is 0 Å². The van der Waals surface area contributed by atoms with Crippen LogP contribution < -0.4 is 0 Å². The molecule has 0 unspecified atom stereocenters. The molecule has 1 aliphatic carbocycles. The first-order chi connectivity index (χ1) is 8.79. The van der Waals surface area contributed by atoms with Crippen molar-refractivity contribution in [2.24, 2.45) is 5.92 Å². The van der Waals surface area contributed by atoms with E-state index in [1.54, 1.807) is 0 Å². The molecule has 1 amide bonds. The van der Waals surface area contributed by atoms with Crippen molar-refractivity contribution in [3.05, 3.63) is 48.6 Å². The number of rotatable bonds is 2. The van der Waals surface area contributed by atoms with Crippen LogP contribution in [-0.4, -0.2) is 17.4 Å². The minimum absolute atomic E-state index is 0.0369. The van der Waals surface area contributed by atoms with Gasteiger partial charge in [-0.3, -0.25) is 4.79 Å². The molecule has 2 atom stereocenters. The van der Waals surface area contributed by atoms with E-state index in [-0.39, 0.29) is 11.4 Å². The van der Waals surface area contributed by atoms with Crippen LogP contribution in [-0.2, 0) is 10.3 Å². The Kier molecular flexibility index (Phi) is 2.73. The van der Waals surface area contributed by atoms with Gasteiger partial charge in [0.25, 0.3) is 0 Å². The third kappa shape index (κ3) is 1.45. The van der Waals surface area contributed by atoms with Crippen molar-refractivity contribution >= 4 is 5.91 Å². The first-order valence-corrected chi connectivity index (χ1v) is 6.78. The van der Waals surface area contributed by atoms with Crippen molar-refractivity contribution in [2.75, 3.05) is 6.54 Å². The predicted molar refractivity (Wildman–Crippen MR) is 72.0 cm³/mol. The van der Waals surface area contributed by atoms with E-state index in [0.29, 0.717) is 5.92 Å². The van der Waals surface area contributed by atoms with Gasteiger partial charge < -0.3 is 4.90 Å². The highest BCUT2D eigenvalue weighted by molar-refractivity contribution is 5.88. The van der Waals surface area contributed by atoms with Gasteiger partial charge in [0.2, 0.25) is 5.91 Å². The minimum Gasteiger partial charge on any atom is -0.329 e. The molecule has 1 saturated heterocycles. The van der Waals surface area contributed by atoms with E-state index < -0.39 is 0 Å². The van der Waals surface area contributed by atoms with Gasteiger partial charge >= 0.3 is 0 Å². The summed E-state index contributed by atoms with van der Waals surface area (Å²) in [5.74, 6) is 0.717. The van der Waals surface area contributed by atoms with E-state index >= 15 is 0 Å². The average molecular weight is 241 g/mol. The zero-order chi connectivity index (χ0) is 12.6. The summed E-state index contributed by atoms with van der Waals surface area (Å²) >= 11 is 0. The van der Waals surface area contributed by atoms with Crippen LogP contribution in [0.1, 0.15) is 31.2 Å². The Morgan fingerprint density at radius 1 is 1.33 bits per heavy atom. The van der Waals surface area contributed by atoms with E-state index in [4.69, 9.17) is 0 Å². The Morgan fingerprint density at radius 2 is 2.11 bits per heavy atom. The zero-order valence-corrected chi connectivity index (χ0v) is 10.6. The molecule has 3 rings (SSSR count). The van der Waals surface area contributed by atoms with Gasteiger partial charge in [0.1, 0.15) is 0 Å². The van der Waals surface area contributed by atoms with Crippen LogP contribution in [0, 0.1) is 5.92 Å². The molecule has 0 radical (unpaired) electrons. The predicted octanol–water partition coefficient (Wildman–Crippen LogP) is 3.10. The molecule has 2 heteroatoms. The molecular formula is C16H19NO. The smallest absolute Gasteiger partial charge is 0.246 e. The number of carbonyl (C=O) groups excluding carboxylic acids is 1. The quantitative estimate of drug-likeness (QED) is 0.729. The first kappa shape index (κ1) is 11.5. The summed E-state index contributed by atoms with van der Waals surface area (Å²) in [5.41, 5.74) is 1.27. The Morgan fingerprint density at radius 3 is 2.78 bits per heavy atom. The van der Waals surface area contributed by atoms with Gasteiger partial charge in [-0.2, -0.15) is 0 Å². The summed E-state index contributed by atoms with van der Waals surface area (Å²) in [6.07, 6.45) is 6.31. The SMILES string of the molecule is C=CC(=O)N1C[C@@H]2CCCC[C@]21c1ccccc1. The molecule has 94 valence electrons. The molecule has 0 bridgehead atoms. The normalized spacial score (nSPS) is 30.2. The fourth-order valence-electron chi connectivity index (χ4n) is 3.76. The standard InChI is InChI=1S/C16H19NO/c1-2-15(18)17-12-14-10-6-7-11-16(14,17)13-8-4-3-5-9-13/h2-5,8-9,14H,1,6-7,10-12H2/t14-,16-/m0/s1. The van der Waals surface area contributed by atoms with Crippen LogP contribution in [0.4, 0.5) is 0 Å². The summed E-state index contributed by atoms with van der Waals surface area (Å²) in [4.78, 5) is 14.1. The van der Waals surface area contributed by atoms with E-state index in [2.05, 4.69) is 30.8 Å². The highest BCUT2D eigenvalue weighted by Crippen LogP contribution is 2.53. The number of carbonyl (C=O) groups is 1. The molecule has 18 heavy (non-hydrogen) atoms. The second kappa shape index (κ2) is 4.27. The lowest BCUT2D eigenvalue weighted by Gasteiger charge is -2.61. The Labute approximate surface area is 108 Å². The number of hydrogen-bond acceptors (Lipinski definition) is 1. The van der Waals surface area contributed by atoms with Crippen molar-refractivity contribution in [1.82, 2.24) is 4.90 Å². The highest BCUT2D eigenvalue weighted by atomic mass is 16.2. The lowest BCUT2D eigenvalue weighted by molar-refractivity contribution is -0.161. The molecule has 2 aliphatic rings. The average Bonchev–Trinajstić information content (AvgIpc) is 2.41. The van der Waals surface area contributed by atoms with Crippen LogP contribution in [0.5, 0.6) is 0 Å². The second-order valence-electron chi connectivity index (χ2n) is 5.39. The maximum atomic E-state index is 12.0. The number of hydrogen-bond donors (Lipinski definition) is 0. The van der Waals surface area contributed by atoms with Crippen molar-refractivity contribution in [1.29, 1.82) is 0 Å². The molecule has 1 aliphatic heterocycles. The summed E-state index contributed by atoms with van der Waals surface area (Å²) < 4.78 is 0. The monoisotopic (exact) mass is 241 g/mol. The fourth-order valence-corrected chi connectivity index (χ4v) is 3.76. The number of amides is 1. The van der Waals surface area contributed by atoms with Crippen LogP contribution in [0.2, 0.25) is 0 Å². The Balaban J connectivity index is 2.02. The number of likely N-dealkylation sites (tertiary alicyclic amines) is 1. The number of nitrogens with zero attached hydrogens (tertiary/aromatic N) is 1. The van der Waals surface area contributed by atoms with E-state index in [1.165, 1.54) is 30.9 Å². The summed E-state index contributed by atoms with van der Waals surface area (Å²) in [5, 5.41) is 0. The summed E-state index contributed by atoms with van der Waals surface area (Å²) in [7, 11) is 0. The molecular weight excluding hydrogens is 222 g/mol. The lowest BCUT2D eigenvalue weighted by Crippen LogP contribution is -2.67. The molecule has 1 saturated carbocycles. The maximum Gasteiger partial charge on any atom is 0.246 e. The van der Waals surface area contributed by atoms with Gasteiger partial charge in [-0.25, -0.2) is 0 Å². The molecule has 1 aromatic carbocycles. The lowest BCUT2D eigenvalue weighted by atomic mass is 9.61. The molecule has 1 heterocycles. The Bertz CT molecular complexity index is 467. The fraction of sp³-hybridized carbons (Fsp3) is 0.438. The Hall–Kier alpha value is -1.57. The topological polar surface area (TPSA) is 20.3 Å². The van der Waals surface area contributed by atoms with Crippen LogP contribution in [0.25, 0.3) is 0 Å². The van der Waals surface area contributed by atoms with Crippen molar-refractivity contribution in [3.8, 4) is 0 Å². The van der Waals surface area contributed by atoms with Crippen LogP contribution in [0.3, 0.4) is 0 Å². The molecule has 1 aromatic rings. The minimum atomic E-state index is -0.0369. The van der Waals surface area contributed by atoms with Crippen molar-refractivity contribution < 1.29 is 4.79 Å². The van der Waals surface area contributed by atoms with Gasteiger partial charge in [-0.15, -0.1) is 0 Å². The first-order valence-electron chi connectivity index (χ1n) is 6.78. The molecule has 0 spiro atoms. The van der Waals surface area contributed by atoms with E-state index in [1.807, 2.05) is 11.0 Å². The van der Waals surface area contributed by atoms with Crippen molar-refractivity contribution in [2.45, 2.75) is 31.2 Å². The van der Waals surface area contributed by atoms with Gasteiger partial charge in [-0.1, -0.05) is 49.8 Å². The maximum absolute atomic E-state index is 12.0. The van der Waals surface area contributed by atoms with Crippen LogP contribution >= 0.6 is 0 Å². The number of benzene rings is 1. The van der Waals surface area contributed by atoms with E-state index in [0.717, 1.165) is 13.0 Å². The second-order valence-corrected chi connectivity index (χ2v) is 5.39. The van der Waals surface area contributed by atoms with Gasteiger partial charge in [0.15, 0.2) is 0 Å².